The summed E-state index contributed by atoms with van der Waals surface area (Å²) in [5.41, 5.74) is 6.74. The molecule has 118 valence electrons. The van der Waals surface area contributed by atoms with Crippen LogP contribution in [0, 0.1) is 12.8 Å². The van der Waals surface area contributed by atoms with Gasteiger partial charge in [0.05, 0.1) is 15.6 Å². The number of hydrogen-bond donors (Lipinski definition) is 2. The van der Waals surface area contributed by atoms with Gasteiger partial charge in [-0.3, -0.25) is 0 Å². The summed E-state index contributed by atoms with van der Waals surface area (Å²) >= 11 is 5.99. The van der Waals surface area contributed by atoms with E-state index in [2.05, 4.69) is 11.6 Å². The quantitative estimate of drug-likeness (QED) is 0.830. The van der Waals surface area contributed by atoms with Crippen molar-refractivity contribution in [1.29, 1.82) is 0 Å². The molecule has 0 aromatic heterocycles. The third kappa shape index (κ3) is 3.90. The van der Waals surface area contributed by atoms with Gasteiger partial charge in [0.25, 0.3) is 0 Å². The van der Waals surface area contributed by atoms with Crippen molar-refractivity contribution in [3.8, 4) is 0 Å². The summed E-state index contributed by atoms with van der Waals surface area (Å²) in [5, 5.41) is 0.415. The van der Waals surface area contributed by atoms with Gasteiger partial charge in [-0.2, -0.15) is 0 Å². The van der Waals surface area contributed by atoms with Crippen LogP contribution in [0.3, 0.4) is 0 Å². The van der Waals surface area contributed by atoms with Gasteiger partial charge in [-0.05, 0) is 43.4 Å². The molecule has 0 radical (unpaired) electrons. The Kier molecular flexibility index (Phi) is 5.17. The zero-order valence-corrected chi connectivity index (χ0v) is 14.1. The summed E-state index contributed by atoms with van der Waals surface area (Å²) in [6.07, 6.45) is 5.19. The molecule has 0 aliphatic heterocycles. The Morgan fingerprint density at radius 1 is 1.38 bits per heavy atom. The first kappa shape index (κ1) is 16.6. The molecular weight excluding hydrogens is 308 g/mol. The molecule has 1 aliphatic rings. The maximum Gasteiger partial charge on any atom is 0.240 e. The Hall–Kier alpha value is -0.780. The van der Waals surface area contributed by atoms with Crippen LogP contribution in [0.25, 0.3) is 0 Å². The maximum atomic E-state index is 12.5. The molecule has 6 heteroatoms. The minimum absolute atomic E-state index is 0.0194. The summed E-state index contributed by atoms with van der Waals surface area (Å²) in [7, 11) is -3.54. The average molecular weight is 331 g/mol. The van der Waals surface area contributed by atoms with E-state index in [1.807, 2.05) is 0 Å². The SMILES string of the molecule is CCC1CCCC(NS(=O)(=O)c2cc(C)c(Cl)c(N)c2)C1. The molecule has 1 saturated carbocycles. The van der Waals surface area contributed by atoms with E-state index in [9.17, 15) is 8.42 Å². The smallest absolute Gasteiger partial charge is 0.240 e. The molecule has 0 amide bonds. The van der Waals surface area contributed by atoms with Crippen LogP contribution >= 0.6 is 11.6 Å². The molecule has 0 saturated heterocycles. The van der Waals surface area contributed by atoms with Crippen LogP contribution in [-0.4, -0.2) is 14.5 Å². The number of rotatable bonds is 4. The number of sulfonamides is 1. The first-order valence-corrected chi connectivity index (χ1v) is 9.27. The Morgan fingerprint density at radius 2 is 2.10 bits per heavy atom. The van der Waals surface area contributed by atoms with E-state index < -0.39 is 10.0 Å². The largest absolute Gasteiger partial charge is 0.397 e. The fourth-order valence-corrected chi connectivity index (χ4v) is 4.49. The van der Waals surface area contributed by atoms with E-state index >= 15 is 0 Å². The van der Waals surface area contributed by atoms with Crippen LogP contribution in [0.1, 0.15) is 44.6 Å². The summed E-state index contributed by atoms with van der Waals surface area (Å²) < 4.78 is 27.8. The second-order valence-corrected chi connectivity index (χ2v) is 7.99. The monoisotopic (exact) mass is 330 g/mol. The normalized spacial score (nSPS) is 23.2. The predicted molar refractivity (Wildman–Crippen MR) is 87.0 cm³/mol. The van der Waals surface area contributed by atoms with Crippen molar-refractivity contribution in [2.45, 2.75) is 56.9 Å². The molecule has 2 atom stereocenters. The van der Waals surface area contributed by atoms with E-state index in [1.54, 1.807) is 13.0 Å². The summed E-state index contributed by atoms with van der Waals surface area (Å²) in [6, 6.07) is 3.02. The van der Waals surface area contributed by atoms with E-state index in [-0.39, 0.29) is 10.9 Å². The number of nitrogens with two attached hydrogens (primary N) is 1. The molecule has 3 N–H and O–H groups in total. The molecule has 0 bridgehead atoms. The molecule has 4 nitrogen and oxygen atoms in total. The van der Waals surface area contributed by atoms with E-state index in [0.29, 0.717) is 22.2 Å². The van der Waals surface area contributed by atoms with Crippen molar-refractivity contribution >= 4 is 27.3 Å². The van der Waals surface area contributed by atoms with E-state index in [4.69, 9.17) is 17.3 Å². The number of hydrogen-bond acceptors (Lipinski definition) is 3. The Morgan fingerprint density at radius 3 is 2.71 bits per heavy atom. The Bertz CT molecular complexity index is 593. The van der Waals surface area contributed by atoms with Gasteiger partial charge in [0.2, 0.25) is 10.0 Å². The van der Waals surface area contributed by atoms with Crippen molar-refractivity contribution < 1.29 is 8.42 Å². The third-order valence-electron chi connectivity index (χ3n) is 4.25. The number of anilines is 1. The minimum Gasteiger partial charge on any atom is -0.397 e. The lowest BCUT2D eigenvalue weighted by Gasteiger charge is -2.29. The molecule has 0 spiro atoms. The summed E-state index contributed by atoms with van der Waals surface area (Å²) in [6.45, 7) is 3.91. The highest BCUT2D eigenvalue weighted by Gasteiger charge is 2.26. The highest BCUT2D eigenvalue weighted by molar-refractivity contribution is 7.89. The molecule has 1 fully saturated rings. The lowest BCUT2D eigenvalue weighted by molar-refractivity contribution is 0.301. The van der Waals surface area contributed by atoms with Crippen LogP contribution in [0.4, 0.5) is 5.69 Å². The van der Waals surface area contributed by atoms with Gasteiger partial charge in [0.15, 0.2) is 0 Å². The van der Waals surface area contributed by atoms with Gasteiger partial charge in [-0.25, -0.2) is 13.1 Å². The molecule has 2 rings (SSSR count). The predicted octanol–water partition coefficient (Wildman–Crippen LogP) is 3.48. The lowest BCUT2D eigenvalue weighted by atomic mass is 9.85. The second kappa shape index (κ2) is 6.55. The van der Waals surface area contributed by atoms with Gasteiger partial charge >= 0.3 is 0 Å². The van der Waals surface area contributed by atoms with Crippen molar-refractivity contribution in [3.05, 3.63) is 22.7 Å². The zero-order chi connectivity index (χ0) is 15.6. The van der Waals surface area contributed by atoms with Crippen molar-refractivity contribution in [3.63, 3.8) is 0 Å². The number of nitrogen functional groups attached to an aromatic ring is 1. The molecule has 21 heavy (non-hydrogen) atoms. The number of aryl methyl sites for hydroxylation is 1. The fourth-order valence-electron chi connectivity index (χ4n) is 2.97. The standard InChI is InChI=1S/C15H23ClN2O2S/c1-3-11-5-4-6-12(8-11)18-21(19,20)13-7-10(2)15(16)14(17)9-13/h7,9,11-12,18H,3-6,8,17H2,1-2H3. The molecule has 0 heterocycles. The number of benzene rings is 1. The van der Waals surface area contributed by atoms with Gasteiger partial charge < -0.3 is 5.73 Å². The van der Waals surface area contributed by atoms with Crippen molar-refractivity contribution in [2.24, 2.45) is 5.92 Å². The lowest BCUT2D eigenvalue weighted by Crippen LogP contribution is -2.38. The first-order valence-electron chi connectivity index (χ1n) is 7.41. The first-order chi connectivity index (χ1) is 9.83. The van der Waals surface area contributed by atoms with Crippen LogP contribution < -0.4 is 10.5 Å². The molecule has 1 aromatic rings. The Balaban J connectivity index is 2.18. The summed E-state index contributed by atoms with van der Waals surface area (Å²) in [5.74, 6) is 0.614. The van der Waals surface area contributed by atoms with Crippen molar-refractivity contribution in [2.75, 3.05) is 5.73 Å². The van der Waals surface area contributed by atoms with Gasteiger partial charge in [0, 0.05) is 6.04 Å². The average Bonchev–Trinajstić information content (AvgIpc) is 2.44. The topological polar surface area (TPSA) is 72.2 Å². The third-order valence-corrected chi connectivity index (χ3v) is 6.26. The fraction of sp³-hybridized carbons (Fsp3) is 0.600. The minimum atomic E-state index is -3.54. The van der Waals surface area contributed by atoms with Crippen LogP contribution in [0.5, 0.6) is 0 Å². The maximum absolute atomic E-state index is 12.5. The van der Waals surface area contributed by atoms with Crippen LogP contribution in [-0.2, 0) is 10.0 Å². The van der Waals surface area contributed by atoms with Gasteiger partial charge in [-0.15, -0.1) is 0 Å². The second-order valence-electron chi connectivity index (χ2n) is 5.90. The van der Waals surface area contributed by atoms with Crippen LogP contribution in [0.2, 0.25) is 5.02 Å². The van der Waals surface area contributed by atoms with Gasteiger partial charge in [0.1, 0.15) is 0 Å². The highest BCUT2D eigenvalue weighted by Crippen LogP contribution is 2.29. The van der Waals surface area contributed by atoms with E-state index in [0.717, 1.165) is 25.7 Å². The highest BCUT2D eigenvalue weighted by atomic mass is 35.5. The molecular formula is C15H23ClN2O2S. The number of nitrogens with one attached hydrogen (secondary N) is 1. The number of halogens is 1. The van der Waals surface area contributed by atoms with Crippen molar-refractivity contribution in [1.82, 2.24) is 4.72 Å². The van der Waals surface area contributed by atoms with Crippen LogP contribution in [0.15, 0.2) is 17.0 Å². The zero-order valence-electron chi connectivity index (χ0n) is 12.5. The molecule has 1 aromatic carbocycles. The Labute approximate surface area is 132 Å². The van der Waals surface area contributed by atoms with Gasteiger partial charge in [-0.1, -0.05) is 37.8 Å². The molecule has 1 aliphatic carbocycles. The van der Waals surface area contributed by atoms with E-state index in [1.165, 1.54) is 12.5 Å². The molecule has 2 unspecified atom stereocenters. The summed E-state index contributed by atoms with van der Waals surface area (Å²) in [4.78, 5) is 0.195.